The number of carbonyl (C=O) groups is 1. The smallest absolute Gasteiger partial charge is 0.266 e. The third-order valence-corrected chi connectivity index (χ3v) is 6.93. The van der Waals surface area contributed by atoms with Crippen LogP contribution in [0.3, 0.4) is 0 Å². The topological polar surface area (TPSA) is 64.4 Å². The monoisotopic (exact) mass is 489 g/mol. The number of amides is 1. The van der Waals surface area contributed by atoms with E-state index in [1.165, 1.54) is 28.5 Å². The minimum absolute atomic E-state index is 0.103. The molecule has 0 saturated carbocycles. The molecule has 5 rings (SSSR count). The van der Waals surface area contributed by atoms with Gasteiger partial charge in [0, 0.05) is 24.4 Å². The van der Waals surface area contributed by atoms with Crippen LogP contribution in [-0.4, -0.2) is 46.7 Å². The Kier molecular flexibility index (Phi) is 6.66. The molecule has 0 radical (unpaired) electrons. The summed E-state index contributed by atoms with van der Waals surface area (Å²) in [5.74, 6) is 0.122. The minimum atomic E-state index is -0.379. The van der Waals surface area contributed by atoms with Crippen LogP contribution in [0.2, 0.25) is 0 Å². The van der Waals surface area contributed by atoms with Crippen LogP contribution >= 0.6 is 11.8 Å². The molecule has 3 aromatic carbocycles. The highest BCUT2D eigenvalue weighted by Crippen LogP contribution is 2.26. The largest absolute Gasteiger partial charge is 0.378 e. The number of hydrogen-bond donors (Lipinski definition) is 0. The number of morpholine rings is 1. The molecule has 0 unspecified atom stereocenters. The molecule has 1 fully saturated rings. The number of carbonyl (C=O) groups excluding carboxylic acids is 1. The maximum absolute atomic E-state index is 13.6. The van der Waals surface area contributed by atoms with E-state index in [2.05, 4.69) is 6.07 Å². The molecule has 1 saturated heterocycles. The highest BCUT2D eigenvalue weighted by atomic mass is 32.2. The number of halogens is 1. The molecule has 6 nitrogen and oxygen atoms in total. The number of rotatable bonds is 5. The number of hydrogen-bond acceptors (Lipinski definition) is 5. The quantitative estimate of drug-likeness (QED) is 0.303. The summed E-state index contributed by atoms with van der Waals surface area (Å²) in [7, 11) is 0. The maximum Gasteiger partial charge on any atom is 0.266 e. The fourth-order valence-corrected chi connectivity index (χ4v) is 5.07. The second-order valence-electron chi connectivity index (χ2n) is 8.43. The van der Waals surface area contributed by atoms with Gasteiger partial charge in [0.1, 0.15) is 5.82 Å². The van der Waals surface area contributed by atoms with Crippen molar-refractivity contribution in [2.45, 2.75) is 17.8 Å². The molecular weight excluding hydrogens is 465 g/mol. The van der Waals surface area contributed by atoms with Gasteiger partial charge in [-0.05, 0) is 55.0 Å². The average molecular weight is 490 g/mol. The lowest BCUT2D eigenvalue weighted by Crippen LogP contribution is -2.40. The summed E-state index contributed by atoms with van der Waals surface area (Å²) in [4.78, 5) is 33.1. The fourth-order valence-electron chi connectivity index (χ4n) is 4.11. The maximum atomic E-state index is 13.6. The van der Waals surface area contributed by atoms with E-state index in [0.717, 1.165) is 11.1 Å². The Labute approximate surface area is 206 Å². The SMILES string of the molecule is Cc1cccc(CSc2nc3cc(C(=O)N4CCOCC4)ccc3c(=O)n2-c2ccc(F)cc2)c1. The van der Waals surface area contributed by atoms with Gasteiger partial charge in [-0.3, -0.25) is 14.2 Å². The predicted octanol–water partition coefficient (Wildman–Crippen LogP) is 4.60. The van der Waals surface area contributed by atoms with Crippen molar-refractivity contribution in [1.29, 1.82) is 0 Å². The van der Waals surface area contributed by atoms with Crippen LogP contribution in [0.1, 0.15) is 21.5 Å². The fraction of sp³-hybridized carbons (Fsp3) is 0.222. The van der Waals surface area contributed by atoms with E-state index < -0.39 is 0 Å². The summed E-state index contributed by atoms with van der Waals surface area (Å²) in [5.41, 5.74) is 3.47. The van der Waals surface area contributed by atoms with Crippen molar-refractivity contribution in [2.24, 2.45) is 0 Å². The van der Waals surface area contributed by atoms with Crippen molar-refractivity contribution in [3.63, 3.8) is 0 Å². The van der Waals surface area contributed by atoms with E-state index >= 15 is 0 Å². The van der Waals surface area contributed by atoms with E-state index in [-0.39, 0.29) is 17.3 Å². The van der Waals surface area contributed by atoms with Gasteiger partial charge in [-0.15, -0.1) is 0 Å². The van der Waals surface area contributed by atoms with Crippen LogP contribution in [0, 0.1) is 12.7 Å². The number of aryl methyl sites for hydroxylation is 1. The van der Waals surface area contributed by atoms with E-state index in [1.807, 2.05) is 25.1 Å². The molecule has 178 valence electrons. The van der Waals surface area contributed by atoms with Crippen LogP contribution in [0.15, 0.2) is 76.7 Å². The summed E-state index contributed by atoms with van der Waals surface area (Å²) >= 11 is 1.43. The highest BCUT2D eigenvalue weighted by molar-refractivity contribution is 7.98. The van der Waals surface area contributed by atoms with Crippen LogP contribution in [0.25, 0.3) is 16.6 Å². The number of benzene rings is 3. The summed E-state index contributed by atoms with van der Waals surface area (Å²) in [6, 6.07) is 18.9. The van der Waals surface area contributed by atoms with Crippen molar-refractivity contribution in [3.05, 3.63) is 99.6 Å². The standard InChI is InChI=1S/C27H24FN3O3S/c1-18-3-2-4-19(15-18)17-35-27-29-24-16-20(25(32)30-11-13-34-14-12-30)5-10-23(24)26(33)31(27)22-8-6-21(28)7-9-22/h2-10,15-16H,11-14,17H2,1H3. The first kappa shape index (κ1) is 23.3. The molecule has 4 aromatic rings. The lowest BCUT2D eigenvalue weighted by atomic mass is 10.1. The first-order chi connectivity index (χ1) is 17.0. The second-order valence-corrected chi connectivity index (χ2v) is 9.37. The Hall–Kier alpha value is -3.49. The van der Waals surface area contributed by atoms with E-state index in [4.69, 9.17) is 9.72 Å². The Morgan fingerprint density at radius 1 is 1.06 bits per heavy atom. The number of aromatic nitrogens is 2. The lowest BCUT2D eigenvalue weighted by Gasteiger charge is -2.26. The minimum Gasteiger partial charge on any atom is -0.378 e. The lowest BCUT2D eigenvalue weighted by molar-refractivity contribution is 0.0303. The molecule has 1 aliphatic heterocycles. The Morgan fingerprint density at radius 2 is 1.83 bits per heavy atom. The molecule has 0 aliphatic carbocycles. The third-order valence-electron chi connectivity index (χ3n) is 5.92. The van der Waals surface area contributed by atoms with E-state index in [9.17, 15) is 14.0 Å². The number of ether oxygens (including phenoxy) is 1. The zero-order valence-corrected chi connectivity index (χ0v) is 20.1. The molecule has 1 amide bonds. The van der Waals surface area contributed by atoms with Crippen molar-refractivity contribution in [2.75, 3.05) is 26.3 Å². The summed E-state index contributed by atoms with van der Waals surface area (Å²) in [6.07, 6.45) is 0. The van der Waals surface area contributed by atoms with E-state index in [1.54, 1.807) is 35.2 Å². The molecular formula is C27H24FN3O3S. The molecule has 1 aromatic heterocycles. The second kappa shape index (κ2) is 10.0. The van der Waals surface area contributed by atoms with Gasteiger partial charge in [-0.1, -0.05) is 41.6 Å². The number of thioether (sulfide) groups is 1. The van der Waals surface area contributed by atoms with Crippen LogP contribution in [0.5, 0.6) is 0 Å². The van der Waals surface area contributed by atoms with E-state index in [0.29, 0.717) is 59.4 Å². The Morgan fingerprint density at radius 3 is 2.57 bits per heavy atom. The summed E-state index contributed by atoms with van der Waals surface area (Å²) in [6.45, 7) is 4.13. The predicted molar refractivity (Wildman–Crippen MR) is 135 cm³/mol. The summed E-state index contributed by atoms with van der Waals surface area (Å²) < 4.78 is 20.4. The molecule has 0 N–H and O–H groups in total. The van der Waals surface area contributed by atoms with Gasteiger partial charge in [-0.25, -0.2) is 9.37 Å². The third kappa shape index (κ3) is 4.99. The molecule has 2 heterocycles. The van der Waals surface area contributed by atoms with Gasteiger partial charge in [0.05, 0.1) is 29.8 Å². The Balaban J connectivity index is 1.58. The van der Waals surface area contributed by atoms with Crippen molar-refractivity contribution >= 4 is 28.6 Å². The average Bonchev–Trinajstić information content (AvgIpc) is 2.88. The normalized spacial score (nSPS) is 13.8. The molecule has 0 atom stereocenters. The van der Waals surface area contributed by atoms with Gasteiger partial charge in [0.2, 0.25) is 0 Å². The molecule has 0 spiro atoms. The molecule has 8 heteroatoms. The zero-order valence-electron chi connectivity index (χ0n) is 19.2. The van der Waals surface area contributed by atoms with Gasteiger partial charge < -0.3 is 9.64 Å². The van der Waals surface area contributed by atoms with Crippen molar-refractivity contribution in [3.8, 4) is 5.69 Å². The van der Waals surface area contributed by atoms with Gasteiger partial charge in [-0.2, -0.15) is 0 Å². The van der Waals surface area contributed by atoms with Gasteiger partial charge in [0.15, 0.2) is 5.16 Å². The molecule has 35 heavy (non-hydrogen) atoms. The number of fused-ring (bicyclic) bond motifs is 1. The Bertz CT molecular complexity index is 1450. The van der Waals surface area contributed by atoms with Gasteiger partial charge in [0.25, 0.3) is 11.5 Å². The van der Waals surface area contributed by atoms with Gasteiger partial charge >= 0.3 is 0 Å². The molecule has 0 bridgehead atoms. The van der Waals surface area contributed by atoms with Crippen LogP contribution < -0.4 is 5.56 Å². The first-order valence-corrected chi connectivity index (χ1v) is 12.4. The first-order valence-electron chi connectivity index (χ1n) is 11.4. The highest BCUT2D eigenvalue weighted by Gasteiger charge is 2.20. The van der Waals surface area contributed by atoms with Crippen molar-refractivity contribution < 1.29 is 13.9 Å². The summed E-state index contributed by atoms with van der Waals surface area (Å²) in [5, 5.41) is 0.874. The number of nitrogens with zero attached hydrogens (tertiary/aromatic N) is 3. The molecule has 1 aliphatic rings. The van der Waals surface area contributed by atoms with Crippen LogP contribution in [0.4, 0.5) is 4.39 Å². The zero-order chi connectivity index (χ0) is 24.4. The van der Waals surface area contributed by atoms with Crippen molar-refractivity contribution in [1.82, 2.24) is 14.5 Å². The van der Waals surface area contributed by atoms with Crippen LogP contribution in [-0.2, 0) is 10.5 Å².